The summed E-state index contributed by atoms with van der Waals surface area (Å²) >= 11 is 0. The molecule has 3 N–H and O–H groups in total. The van der Waals surface area contributed by atoms with Crippen LogP contribution in [0.3, 0.4) is 0 Å². The van der Waals surface area contributed by atoms with Crippen LogP contribution in [0.25, 0.3) is 0 Å². The number of fused-ring (bicyclic) bond motifs is 1. The lowest BCUT2D eigenvalue weighted by molar-refractivity contribution is -0.123. The zero-order valence-electron chi connectivity index (χ0n) is 17.5. The Morgan fingerprint density at radius 3 is 2.63 bits per heavy atom. The van der Waals surface area contributed by atoms with Gasteiger partial charge in [0.1, 0.15) is 29.3 Å². The molecule has 2 aromatic rings. The van der Waals surface area contributed by atoms with E-state index in [2.05, 4.69) is 10.2 Å². The second-order valence-corrected chi connectivity index (χ2v) is 8.20. The number of likely N-dealkylation sites (N-methyl/N-ethyl adjacent to an activating group) is 1. The Morgan fingerprint density at radius 2 is 2.03 bits per heavy atom. The molecule has 1 saturated heterocycles. The summed E-state index contributed by atoms with van der Waals surface area (Å²) in [5.74, 6) is 0.319. The number of hydrogen-bond donors (Lipinski definition) is 2. The number of rotatable bonds is 5. The Balaban J connectivity index is 1.78. The normalized spacial score (nSPS) is 22.7. The lowest BCUT2D eigenvalue weighted by Crippen LogP contribution is -2.29. The summed E-state index contributed by atoms with van der Waals surface area (Å²) in [5, 5.41) is 2.73. The van der Waals surface area contributed by atoms with Crippen molar-refractivity contribution in [1.29, 1.82) is 0 Å². The van der Waals surface area contributed by atoms with Crippen LogP contribution in [0.15, 0.2) is 36.4 Å². The summed E-state index contributed by atoms with van der Waals surface area (Å²) in [4.78, 5) is 15.0. The van der Waals surface area contributed by atoms with Crippen molar-refractivity contribution < 1.29 is 18.7 Å². The molecule has 7 heteroatoms. The number of nitrogens with zero attached hydrogens (tertiary/aromatic N) is 1. The largest absolute Gasteiger partial charge is 0.489 e. The molecule has 0 bridgehead atoms. The number of amides is 1. The van der Waals surface area contributed by atoms with Gasteiger partial charge in [-0.05, 0) is 44.0 Å². The maximum Gasteiger partial charge on any atom is 0.231 e. The molecule has 160 valence electrons. The fourth-order valence-electron chi connectivity index (χ4n) is 4.23. The van der Waals surface area contributed by atoms with Gasteiger partial charge in [0.25, 0.3) is 0 Å². The average molecular weight is 413 g/mol. The van der Waals surface area contributed by atoms with E-state index in [4.69, 9.17) is 15.2 Å². The van der Waals surface area contributed by atoms with E-state index in [0.29, 0.717) is 5.75 Å². The Labute approximate surface area is 176 Å². The van der Waals surface area contributed by atoms with E-state index in [1.807, 2.05) is 26.0 Å². The molecule has 4 rings (SSSR count). The molecule has 0 spiro atoms. The molecule has 2 heterocycles. The fourth-order valence-corrected chi connectivity index (χ4v) is 4.23. The first-order valence-corrected chi connectivity index (χ1v) is 10.4. The molecule has 0 aliphatic carbocycles. The first kappa shape index (κ1) is 20.5. The predicted molar refractivity (Wildman–Crippen MR) is 114 cm³/mol. The minimum atomic E-state index is -0.556. The molecular formula is C23H28FN3O3. The van der Waals surface area contributed by atoms with Crippen LogP contribution in [-0.2, 0) is 4.79 Å². The second kappa shape index (κ2) is 8.14. The summed E-state index contributed by atoms with van der Waals surface area (Å²) in [6, 6.07) is 10.1. The molecule has 30 heavy (non-hydrogen) atoms. The predicted octanol–water partition coefficient (Wildman–Crippen LogP) is 3.11. The second-order valence-electron chi connectivity index (χ2n) is 8.20. The van der Waals surface area contributed by atoms with Gasteiger partial charge in [0.15, 0.2) is 0 Å². The summed E-state index contributed by atoms with van der Waals surface area (Å²) in [5.41, 5.74) is 8.56. The smallest absolute Gasteiger partial charge is 0.231 e. The number of anilines is 1. The van der Waals surface area contributed by atoms with Crippen molar-refractivity contribution in [1.82, 2.24) is 5.32 Å². The zero-order chi connectivity index (χ0) is 21.4. The Hall–Kier alpha value is -2.80. The molecule has 2 aliphatic heterocycles. The molecule has 1 fully saturated rings. The Morgan fingerprint density at radius 1 is 1.30 bits per heavy atom. The van der Waals surface area contributed by atoms with Crippen molar-refractivity contribution in [3.63, 3.8) is 0 Å². The molecular weight excluding hydrogens is 385 g/mol. The molecule has 3 atom stereocenters. The van der Waals surface area contributed by atoms with Gasteiger partial charge < -0.3 is 25.4 Å². The van der Waals surface area contributed by atoms with Crippen LogP contribution in [0.4, 0.5) is 10.1 Å². The van der Waals surface area contributed by atoms with Crippen LogP contribution in [0.5, 0.6) is 11.5 Å². The minimum absolute atomic E-state index is 0.0215. The van der Waals surface area contributed by atoms with Crippen molar-refractivity contribution in [3.05, 3.63) is 53.3 Å². The third-order valence-electron chi connectivity index (χ3n) is 5.64. The zero-order valence-corrected chi connectivity index (χ0v) is 17.5. The van der Waals surface area contributed by atoms with E-state index in [1.54, 1.807) is 19.2 Å². The van der Waals surface area contributed by atoms with E-state index in [9.17, 15) is 9.18 Å². The SMILES string of the molecule is CNC(=O)C1c2cc(OC(C)C)c(N3CCC(N)C3)cc2OC1c1ccc(F)cc1. The van der Waals surface area contributed by atoms with Crippen LogP contribution in [0, 0.1) is 5.82 Å². The number of nitrogens with two attached hydrogens (primary N) is 1. The third-order valence-corrected chi connectivity index (χ3v) is 5.64. The van der Waals surface area contributed by atoms with E-state index >= 15 is 0 Å². The Bertz CT molecular complexity index is 932. The van der Waals surface area contributed by atoms with Gasteiger partial charge in [0.2, 0.25) is 5.91 Å². The molecule has 2 aromatic carbocycles. The summed E-state index contributed by atoms with van der Waals surface area (Å²) in [7, 11) is 1.60. The van der Waals surface area contributed by atoms with Crippen molar-refractivity contribution in [2.45, 2.75) is 44.4 Å². The van der Waals surface area contributed by atoms with Crippen molar-refractivity contribution in [2.24, 2.45) is 5.73 Å². The van der Waals surface area contributed by atoms with Gasteiger partial charge in [0, 0.05) is 37.8 Å². The molecule has 1 amide bonds. The standard InChI is InChI=1S/C23H28FN3O3/c1-13(2)29-20-10-17-19(11-18(20)27-9-8-16(25)12-27)30-22(21(17)23(28)26-3)14-4-6-15(24)7-5-14/h4-7,10-11,13,16,21-22H,8-9,12,25H2,1-3H3,(H,26,28). The number of benzene rings is 2. The van der Waals surface area contributed by atoms with Gasteiger partial charge in [0.05, 0.1) is 11.8 Å². The lowest BCUT2D eigenvalue weighted by atomic mass is 9.90. The molecule has 2 aliphatic rings. The van der Waals surface area contributed by atoms with Crippen LogP contribution >= 0.6 is 0 Å². The maximum atomic E-state index is 13.4. The minimum Gasteiger partial charge on any atom is -0.489 e. The number of carbonyl (C=O) groups is 1. The highest BCUT2D eigenvalue weighted by atomic mass is 19.1. The highest BCUT2D eigenvalue weighted by Gasteiger charge is 2.41. The van der Waals surface area contributed by atoms with Crippen molar-refractivity contribution >= 4 is 11.6 Å². The highest BCUT2D eigenvalue weighted by molar-refractivity contribution is 5.87. The number of ether oxygens (including phenoxy) is 2. The fraction of sp³-hybridized carbons (Fsp3) is 0.435. The number of halogens is 1. The summed E-state index contributed by atoms with van der Waals surface area (Å²) in [6.45, 7) is 5.53. The summed E-state index contributed by atoms with van der Waals surface area (Å²) in [6.07, 6.45) is 0.355. The lowest BCUT2D eigenvalue weighted by Gasteiger charge is -2.24. The van der Waals surface area contributed by atoms with Gasteiger partial charge in [-0.2, -0.15) is 0 Å². The molecule has 0 radical (unpaired) electrons. The van der Waals surface area contributed by atoms with E-state index in [0.717, 1.165) is 42.1 Å². The first-order chi connectivity index (χ1) is 14.4. The molecule has 0 saturated carbocycles. The van der Waals surface area contributed by atoms with E-state index < -0.39 is 12.0 Å². The maximum absolute atomic E-state index is 13.4. The van der Waals surface area contributed by atoms with Gasteiger partial charge in [-0.15, -0.1) is 0 Å². The van der Waals surface area contributed by atoms with Gasteiger partial charge in [-0.3, -0.25) is 4.79 Å². The van der Waals surface area contributed by atoms with Crippen LogP contribution in [-0.4, -0.2) is 38.2 Å². The third kappa shape index (κ3) is 3.81. The number of nitrogens with one attached hydrogen (secondary N) is 1. The van der Waals surface area contributed by atoms with Gasteiger partial charge in [-0.1, -0.05) is 12.1 Å². The van der Waals surface area contributed by atoms with Crippen molar-refractivity contribution in [3.8, 4) is 11.5 Å². The molecule has 3 unspecified atom stereocenters. The Kier molecular flexibility index (Phi) is 5.56. The van der Waals surface area contributed by atoms with Crippen molar-refractivity contribution in [2.75, 3.05) is 25.0 Å². The van der Waals surface area contributed by atoms with Crippen LogP contribution in [0.2, 0.25) is 0 Å². The van der Waals surface area contributed by atoms with Crippen LogP contribution < -0.4 is 25.4 Å². The summed E-state index contributed by atoms with van der Waals surface area (Å²) < 4.78 is 25.8. The van der Waals surface area contributed by atoms with Gasteiger partial charge >= 0.3 is 0 Å². The topological polar surface area (TPSA) is 76.8 Å². The highest BCUT2D eigenvalue weighted by Crippen LogP contribution is 2.50. The molecule has 0 aromatic heterocycles. The van der Waals surface area contributed by atoms with E-state index in [-0.39, 0.29) is 23.9 Å². The first-order valence-electron chi connectivity index (χ1n) is 10.4. The number of carbonyl (C=O) groups excluding carboxylic acids is 1. The van der Waals surface area contributed by atoms with Gasteiger partial charge in [-0.25, -0.2) is 4.39 Å². The molecule has 6 nitrogen and oxygen atoms in total. The van der Waals surface area contributed by atoms with E-state index in [1.165, 1.54) is 12.1 Å². The quantitative estimate of drug-likeness (QED) is 0.788. The number of hydrogen-bond acceptors (Lipinski definition) is 5. The average Bonchev–Trinajstić information content (AvgIpc) is 3.30. The van der Waals surface area contributed by atoms with Crippen LogP contribution in [0.1, 0.15) is 43.4 Å². The monoisotopic (exact) mass is 413 g/mol.